The highest BCUT2D eigenvalue weighted by atomic mass is 19.4. The highest BCUT2D eigenvalue weighted by Crippen LogP contribution is 2.37. The van der Waals surface area contributed by atoms with Crippen LogP contribution < -0.4 is 11.1 Å². The standard InChI is InChI=1S/C28H25F3N2O3/c29-28(30,31)15-14-22(24(26(32)35)17-8-2-1-3-9-17)27(36)33-25-21-13-7-6-12-20(21)19-11-5-4-10-18(19)16-23(25)34/h1-13,22,24-25H,14-16H2,(H2,32,35)(H,33,36)/t22-,24+,25+/m1/s1. The van der Waals surface area contributed by atoms with Crippen molar-refractivity contribution in [3.05, 3.63) is 95.6 Å². The van der Waals surface area contributed by atoms with Gasteiger partial charge in [0.25, 0.3) is 0 Å². The van der Waals surface area contributed by atoms with Gasteiger partial charge in [0.1, 0.15) is 6.04 Å². The van der Waals surface area contributed by atoms with Crippen LogP contribution in [0.1, 0.15) is 41.5 Å². The fourth-order valence-electron chi connectivity index (χ4n) is 4.83. The molecule has 0 radical (unpaired) electrons. The Morgan fingerprint density at radius 1 is 0.917 bits per heavy atom. The Labute approximate surface area is 206 Å². The maximum Gasteiger partial charge on any atom is 0.389 e. The molecule has 0 aliphatic heterocycles. The van der Waals surface area contributed by atoms with Crippen LogP contribution in [0.5, 0.6) is 0 Å². The lowest BCUT2D eigenvalue weighted by Gasteiger charge is -2.27. The normalized spacial score (nSPS) is 16.8. The zero-order valence-corrected chi connectivity index (χ0v) is 19.3. The van der Waals surface area contributed by atoms with Gasteiger partial charge in [0.05, 0.1) is 11.8 Å². The monoisotopic (exact) mass is 494 g/mol. The zero-order chi connectivity index (χ0) is 25.9. The smallest absolute Gasteiger partial charge is 0.369 e. The minimum atomic E-state index is -4.54. The van der Waals surface area contributed by atoms with E-state index in [0.717, 1.165) is 16.7 Å². The first-order valence-corrected chi connectivity index (χ1v) is 11.6. The number of nitrogens with two attached hydrogens (primary N) is 1. The Bertz CT molecular complexity index is 1270. The first-order valence-electron chi connectivity index (χ1n) is 11.6. The first-order chi connectivity index (χ1) is 17.2. The Hall–Kier alpha value is -3.94. The highest BCUT2D eigenvalue weighted by molar-refractivity contribution is 5.98. The maximum atomic E-state index is 13.5. The minimum Gasteiger partial charge on any atom is -0.369 e. The maximum absolute atomic E-state index is 13.5. The number of nitrogens with one attached hydrogen (secondary N) is 1. The Morgan fingerprint density at radius 3 is 2.19 bits per heavy atom. The summed E-state index contributed by atoms with van der Waals surface area (Å²) in [6.45, 7) is 0. The molecule has 1 aliphatic carbocycles. The van der Waals surface area contributed by atoms with Gasteiger partial charge in [-0.15, -0.1) is 0 Å². The summed E-state index contributed by atoms with van der Waals surface area (Å²) >= 11 is 0. The molecule has 3 N–H and O–H groups in total. The number of benzene rings is 3. The predicted octanol–water partition coefficient (Wildman–Crippen LogP) is 4.86. The Kier molecular flexibility index (Phi) is 7.24. The summed E-state index contributed by atoms with van der Waals surface area (Å²) in [4.78, 5) is 39.3. The Morgan fingerprint density at radius 2 is 1.53 bits per heavy atom. The number of alkyl halides is 3. The molecule has 3 aromatic carbocycles. The number of halogens is 3. The molecular formula is C28H25F3N2O3. The van der Waals surface area contributed by atoms with E-state index < -0.39 is 48.7 Å². The number of carbonyl (C=O) groups excluding carboxylic acids is 3. The van der Waals surface area contributed by atoms with Crippen molar-refractivity contribution in [3.8, 4) is 11.1 Å². The molecule has 186 valence electrons. The molecule has 4 rings (SSSR count). The van der Waals surface area contributed by atoms with Gasteiger partial charge >= 0.3 is 6.18 Å². The number of hydrogen-bond acceptors (Lipinski definition) is 3. The second kappa shape index (κ2) is 10.4. The summed E-state index contributed by atoms with van der Waals surface area (Å²) in [6, 6.07) is 21.4. The molecular weight excluding hydrogens is 469 g/mol. The molecule has 8 heteroatoms. The number of carbonyl (C=O) groups is 3. The fraction of sp³-hybridized carbons (Fsp3) is 0.250. The van der Waals surface area contributed by atoms with Crippen LogP contribution in [0.2, 0.25) is 0 Å². The summed E-state index contributed by atoms with van der Waals surface area (Å²) in [7, 11) is 0. The van der Waals surface area contributed by atoms with E-state index in [9.17, 15) is 27.6 Å². The molecule has 2 amide bonds. The third kappa shape index (κ3) is 5.48. The van der Waals surface area contributed by atoms with Gasteiger partial charge < -0.3 is 11.1 Å². The van der Waals surface area contributed by atoms with Crippen LogP contribution in [0.15, 0.2) is 78.9 Å². The van der Waals surface area contributed by atoms with E-state index in [2.05, 4.69) is 5.32 Å². The SMILES string of the molecule is NC(=O)[C@@H](c1ccccc1)[C@@H](CCC(F)(F)F)C(=O)N[C@@H]1C(=O)Cc2ccccc2-c2ccccc21. The Balaban J connectivity index is 1.71. The molecule has 0 spiro atoms. The molecule has 36 heavy (non-hydrogen) atoms. The molecule has 3 atom stereocenters. The van der Waals surface area contributed by atoms with Crippen molar-refractivity contribution >= 4 is 17.6 Å². The molecule has 1 aliphatic rings. The molecule has 0 saturated carbocycles. The van der Waals surface area contributed by atoms with Crippen molar-refractivity contribution in [2.45, 2.75) is 37.4 Å². The highest BCUT2D eigenvalue weighted by Gasteiger charge is 2.39. The molecule has 0 fully saturated rings. The van der Waals surface area contributed by atoms with Gasteiger partial charge in [-0.3, -0.25) is 14.4 Å². The van der Waals surface area contributed by atoms with Gasteiger partial charge in [0.2, 0.25) is 11.8 Å². The van der Waals surface area contributed by atoms with Crippen LogP contribution in [-0.2, 0) is 20.8 Å². The zero-order valence-electron chi connectivity index (χ0n) is 19.3. The van der Waals surface area contributed by atoms with Crippen LogP contribution in [0.4, 0.5) is 13.2 Å². The van der Waals surface area contributed by atoms with E-state index in [1.54, 1.807) is 42.5 Å². The van der Waals surface area contributed by atoms with Crippen molar-refractivity contribution in [2.24, 2.45) is 11.7 Å². The molecule has 0 saturated heterocycles. The molecule has 0 aromatic heterocycles. The van der Waals surface area contributed by atoms with Crippen LogP contribution in [-0.4, -0.2) is 23.8 Å². The summed E-state index contributed by atoms with van der Waals surface area (Å²) in [5.74, 6) is -4.75. The van der Waals surface area contributed by atoms with Gasteiger partial charge in [-0.1, -0.05) is 78.9 Å². The molecule has 0 unspecified atom stereocenters. The molecule has 3 aromatic rings. The van der Waals surface area contributed by atoms with Crippen molar-refractivity contribution in [1.29, 1.82) is 0 Å². The lowest BCUT2D eigenvalue weighted by molar-refractivity contribution is -0.144. The quantitative estimate of drug-likeness (QED) is 0.492. The number of ketones is 1. The van der Waals surface area contributed by atoms with E-state index in [4.69, 9.17) is 5.73 Å². The molecule has 0 bridgehead atoms. The summed E-state index contributed by atoms with van der Waals surface area (Å²) < 4.78 is 39.5. The fourth-order valence-corrected chi connectivity index (χ4v) is 4.83. The van der Waals surface area contributed by atoms with E-state index in [0.29, 0.717) is 11.1 Å². The van der Waals surface area contributed by atoms with Crippen LogP contribution >= 0.6 is 0 Å². The third-order valence-electron chi connectivity index (χ3n) is 6.50. The van der Waals surface area contributed by atoms with Crippen LogP contribution in [0, 0.1) is 5.92 Å². The largest absolute Gasteiger partial charge is 0.389 e. The van der Waals surface area contributed by atoms with Crippen molar-refractivity contribution in [3.63, 3.8) is 0 Å². The van der Waals surface area contributed by atoms with Gasteiger partial charge in [-0.2, -0.15) is 13.2 Å². The van der Waals surface area contributed by atoms with Gasteiger partial charge in [-0.05, 0) is 34.2 Å². The lowest BCUT2D eigenvalue weighted by atomic mass is 9.81. The number of fused-ring (bicyclic) bond motifs is 3. The second-order valence-electron chi connectivity index (χ2n) is 8.88. The number of rotatable bonds is 7. The number of hydrogen-bond donors (Lipinski definition) is 2. The number of primary amides is 1. The number of amides is 2. The van der Waals surface area contributed by atoms with Crippen molar-refractivity contribution in [2.75, 3.05) is 0 Å². The first kappa shape index (κ1) is 25.2. The predicted molar refractivity (Wildman–Crippen MR) is 129 cm³/mol. The van der Waals surface area contributed by atoms with E-state index >= 15 is 0 Å². The lowest BCUT2D eigenvalue weighted by Crippen LogP contribution is -2.43. The van der Waals surface area contributed by atoms with Gasteiger partial charge in [-0.25, -0.2) is 0 Å². The number of Topliss-reactive ketones (excluding diaryl/α,β-unsaturated/α-hetero) is 1. The summed E-state index contributed by atoms with van der Waals surface area (Å²) in [5, 5.41) is 2.68. The summed E-state index contributed by atoms with van der Waals surface area (Å²) in [6.07, 6.45) is -6.42. The molecule has 5 nitrogen and oxygen atoms in total. The average molecular weight is 495 g/mol. The van der Waals surface area contributed by atoms with E-state index in [-0.39, 0.29) is 12.2 Å². The minimum absolute atomic E-state index is 0.0426. The average Bonchev–Trinajstić information content (AvgIpc) is 2.96. The van der Waals surface area contributed by atoms with E-state index in [1.165, 1.54) is 0 Å². The second-order valence-corrected chi connectivity index (χ2v) is 8.88. The molecule has 0 heterocycles. The van der Waals surface area contributed by atoms with Crippen LogP contribution in [0.25, 0.3) is 11.1 Å². The summed E-state index contributed by atoms with van der Waals surface area (Å²) in [5.41, 5.74) is 8.89. The van der Waals surface area contributed by atoms with Gasteiger partial charge in [0, 0.05) is 12.8 Å². The third-order valence-corrected chi connectivity index (χ3v) is 6.50. The van der Waals surface area contributed by atoms with Crippen LogP contribution in [0.3, 0.4) is 0 Å². The van der Waals surface area contributed by atoms with E-state index in [1.807, 2.05) is 36.4 Å². The van der Waals surface area contributed by atoms with Crippen molar-refractivity contribution in [1.82, 2.24) is 5.32 Å². The van der Waals surface area contributed by atoms with Gasteiger partial charge in [0.15, 0.2) is 5.78 Å². The topological polar surface area (TPSA) is 89.3 Å². The van der Waals surface area contributed by atoms with Crippen molar-refractivity contribution < 1.29 is 27.6 Å².